The van der Waals surface area contributed by atoms with Gasteiger partial charge < -0.3 is 0 Å². The van der Waals surface area contributed by atoms with E-state index in [4.69, 9.17) is 0 Å². The highest BCUT2D eigenvalue weighted by Crippen LogP contribution is 2.23. The SMILES string of the molecule is C.CC.Cc1ccc(C(C)C)cc1C(C)C. The van der Waals surface area contributed by atoms with Gasteiger partial charge in [0.25, 0.3) is 0 Å². The number of rotatable bonds is 2. The lowest BCUT2D eigenvalue weighted by Crippen LogP contribution is -1.95. The molecule has 0 aliphatic heterocycles. The van der Waals surface area contributed by atoms with Crippen molar-refractivity contribution in [1.29, 1.82) is 0 Å². The largest absolute Gasteiger partial charge is 0.0776 e. The van der Waals surface area contributed by atoms with E-state index in [1.54, 1.807) is 0 Å². The van der Waals surface area contributed by atoms with Crippen molar-refractivity contribution in [3.8, 4) is 0 Å². The monoisotopic (exact) mass is 222 g/mol. The van der Waals surface area contributed by atoms with E-state index in [1.807, 2.05) is 13.8 Å². The molecule has 0 atom stereocenters. The molecule has 0 spiro atoms. The molecule has 1 rings (SSSR count). The molecule has 0 aliphatic rings. The maximum Gasteiger partial charge on any atom is -0.0216 e. The van der Waals surface area contributed by atoms with Crippen LogP contribution in [-0.4, -0.2) is 0 Å². The molecule has 0 aliphatic carbocycles. The van der Waals surface area contributed by atoms with Crippen molar-refractivity contribution < 1.29 is 0 Å². The lowest BCUT2D eigenvalue weighted by molar-refractivity contribution is 0.827. The third-order valence-electron chi connectivity index (χ3n) is 2.59. The third-order valence-corrected chi connectivity index (χ3v) is 2.59. The fraction of sp³-hybridized carbons (Fsp3) is 0.625. The number of hydrogen-bond donors (Lipinski definition) is 0. The minimum absolute atomic E-state index is 0. The summed E-state index contributed by atoms with van der Waals surface area (Å²) in [7, 11) is 0. The van der Waals surface area contributed by atoms with Crippen LogP contribution >= 0.6 is 0 Å². The summed E-state index contributed by atoms with van der Waals surface area (Å²) < 4.78 is 0. The van der Waals surface area contributed by atoms with Crippen molar-refractivity contribution >= 4 is 0 Å². The van der Waals surface area contributed by atoms with Crippen LogP contribution in [0, 0.1) is 6.92 Å². The normalized spacial score (nSPS) is 9.56. The Kier molecular flexibility index (Phi) is 9.22. The van der Waals surface area contributed by atoms with Crippen LogP contribution in [0.15, 0.2) is 18.2 Å². The Morgan fingerprint density at radius 2 is 1.38 bits per heavy atom. The summed E-state index contributed by atoms with van der Waals surface area (Å²) >= 11 is 0. The van der Waals surface area contributed by atoms with Crippen molar-refractivity contribution in [3.63, 3.8) is 0 Å². The number of benzene rings is 1. The Bertz CT molecular complexity index is 282. The first-order valence-corrected chi connectivity index (χ1v) is 6.12. The summed E-state index contributed by atoms with van der Waals surface area (Å²) in [6, 6.07) is 6.83. The molecule has 0 bridgehead atoms. The van der Waals surface area contributed by atoms with Gasteiger partial charge in [0.05, 0.1) is 0 Å². The van der Waals surface area contributed by atoms with Crippen molar-refractivity contribution in [1.82, 2.24) is 0 Å². The second-order valence-electron chi connectivity index (χ2n) is 4.43. The van der Waals surface area contributed by atoms with E-state index in [0.717, 1.165) is 0 Å². The van der Waals surface area contributed by atoms with Crippen LogP contribution in [0.3, 0.4) is 0 Å². The van der Waals surface area contributed by atoms with Crippen molar-refractivity contribution in [2.45, 2.75) is 67.7 Å². The van der Waals surface area contributed by atoms with Crippen molar-refractivity contribution in [3.05, 3.63) is 34.9 Å². The smallest absolute Gasteiger partial charge is 0.0216 e. The molecule has 1 aromatic rings. The molecule has 0 amide bonds. The van der Waals surface area contributed by atoms with E-state index in [2.05, 4.69) is 52.8 Å². The Morgan fingerprint density at radius 3 is 1.75 bits per heavy atom. The third kappa shape index (κ3) is 4.83. The first kappa shape index (κ1) is 17.6. The van der Waals surface area contributed by atoms with Gasteiger partial charge in [0.2, 0.25) is 0 Å². The first-order valence-electron chi connectivity index (χ1n) is 6.12. The summed E-state index contributed by atoms with van der Waals surface area (Å²) in [4.78, 5) is 0. The van der Waals surface area contributed by atoms with Crippen LogP contribution in [-0.2, 0) is 0 Å². The quantitative estimate of drug-likeness (QED) is 0.584. The lowest BCUT2D eigenvalue weighted by Gasteiger charge is -2.13. The maximum absolute atomic E-state index is 2.35. The highest BCUT2D eigenvalue weighted by molar-refractivity contribution is 5.34. The predicted molar refractivity (Wildman–Crippen MR) is 77.4 cm³/mol. The summed E-state index contributed by atoms with van der Waals surface area (Å²) in [5.41, 5.74) is 4.36. The Balaban J connectivity index is 0. The zero-order chi connectivity index (χ0) is 12.0. The molecule has 0 nitrogen and oxygen atoms in total. The molecular weight excluding hydrogens is 192 g/mol. The molecule has 94 valence electrons. The number of aryl methyl sites for hydroxylation is 1. The molecule has 1 aromatic carbocycles. The van der Waals surface area contributed by atoms with Gasteiger partial charge in [0.15, 0.2) is 0 Å². The van der Waals surface area contributed by atoms with E-state index >= 15 is 0 Å². The van der Waals surface area contributed by atoms with E-state index < -0.39 is 0 Å². The minimum atomic E-state index is 0. The van der Waals surface area contributed by atoms with Gasteiger partial charge in [-0.25, -0.2) is 0 Å². The summed E-state index contributed by atoms with van der Waals surface area (Å²) in [5, 5.41) is 0. The molecule has 0 fully saturated rings. The molecule has 0 saturated heterocycles. The van der Waals surface area contributed by atoms with Gasteiger partial charge >= 0.3 is 0 Å². The van der Waals surface area contributed by atoms with Gasteiger partial charge in [-0.2, -0.15) is 0 Å². The highest BCUT2D eigenvalue weighted by atomic mass is 14.1. The summed E-state index contributed by atoms with van der Waals surface area (Å²) in [5.74, 6) is 1.27. The predicted octanol–water partition coefficient (Wildman–Crippen LogP) is 5.90. The van der Waals surface area contributed by atoms with E-state index in [9.17, 15) is 0 Å². The maximum atomic E-state index is 2.35. The molecule has 0 heteroatoms. The zero-order valence-electron chi connectivity index (χ0n) is 11.4. The Hall–Kier alpha value is -0.780. The second-order valence-corrected chi connectivity index (χ2v) is 4.43. The van der Waals surface area contributed by atoms with Gasteiger partial charge in [-0.05, 0) is 35.4 Å². The number of hydrogen-bond acceptors (Lipinski definition) is 0. The second kappa shape index (κ2) is 8.38. The average Bonchev–Trinajstić information content (AvgIpc) is 2.20. The van der Waals surface area contributed by atoms with Gasteiger partial charge in [-0.15, -0.1) is 0 Å². The molecule has 0 radical (unpaired) electrons. The molecule has 0 saturated carbocycles. The topological polar surface area (TPSA) is 0 Å². The van der Waals surface area contributed by atoms with E-state index in [-0.39, 0.29) is 7.43 Å². The summed E-state index contributed by atoms with van der Waals surface area (Å²) in [6.07, 6.45) is 0. The molecule has 0 heterocycles. The van der Waals surface area contributed by atoms with Gasteiger partial charge in [0.1, 0.15) is 0 Å². The van der Waals surface area contributed by atoms with Crippen LogP contribution in [0.5, 0.6) is 0 Å². The van der Waals surface area contributed by atoms with E-state index in [1.165, 1.54) is 16.7 Å². The first-order chi connectivity index (χ1) is 7.02. The minimum Gasteiger partial charge on any atom is -0.0776 e. The molecular formula is C16H30. The van der Waals surface area contributed by atoms with Gasteiger partial charge in [-0.1, -0.05) is 67.2 Å². The highest BCUT2D eigenvalue weighted by Gasteiger charge is 2.06. The van der Waals surface area contributed by atoms with Gasteiger partial charge in [0, 0.05) is 0 Å². The average molecular weight is 222 g/mol. The fourth-order valence-corrected chi connectivity index (χ4v) is 1.64. The standard InChI is InChI=1S/C13H20.C2H6.CH4/c1-9(2)12-7-6-11(5)13(8-12)10(3)4;1-2;/h6-10H,1-5H3;1-2H3;1H4. The van der Waals surface area contributed by atoms with Crippen LogP contribution in [0.25, 0.3) is 0 Å². The van der Waals surface area contributed by atoms with Crippen LogP contribution in [0.1, 0.15) is 77.5 Å². The Morgan fingerprint density at radius 1 is 0.875 bits per heavy atom. The molecule has 0 unspecified atom stereocenters. The van der Waals surface area contributed by atoms with Gasteiger partial charge in [-0.3, -0.25) is 0 Å². The lowest BCUT2D eigenvalue weighted by atomic mass is 9.92. The van der Waals surface area contributed by atoms with Crippen molar-refractivity contribution in [2.24, 2.45) is 0 Å². The van der Waals surface area contributed by atoms with Crippen LogP contribution in [0.2, 0.25) is 0 Å². The van der Waals surface area contributed by atoms with E-state index in [0.29, 0.717) is 11.8 Å². The van der Waals surface area contributed by atoms with Crippen LogP contribution < -0.4 is 0 Å². The Labute approximate surface area is 103 Å². The molecule has 16 heavy (non-hydrogen) atoms. The van der Waals surface area contributed by atoms with Crippen LogP contribution in [0.4, 0.5) is 0 Å². The summed E-state index contributed by atoms with van der Waals surface area (Å²) in [6.45, 7) is 15.2. The molecule has 0 N–H and O–H groups in total. The zero-order valence-corrected chi connectivity index (χ0v) is 11.4. The molecule has 0 aromatic heterocycles. The fourth-order valence-electron chi connectivity index (χ4n) is 1.64. The van der Waals surface area contributed by atoms with Crippen molar-refractivity contribution in [2.75, 3.05) is 0 Å².